The molecule has 0 aliphatic carbocycles. The number of hydrogen-bond donors (Lipinski definition) is 1. The van der Waals surface area contributed by atoms with Crippen molar-refractivity contribution in [2.24, 2.45) is 4.99 Å². The number of likely N-dealkylation sites (N-methyl/N-ethyl adjacent to an activating group) is 1. The molecule has 1 aromatic carbocycles. The van der Waals surface area contributed by atoms with E-state index >= 15 is 0 Å². The van der Waals surface area contributed by atoms with Crippen LogP contribution in [0.3, 0.4) is 0 Å². The van der Waals surface area contributed by atoms with Gasteiger partial charge in [-0.1, -0.05) is 18.2 Å². The fourth-order valence-electron chi connectivity index (χ4n) is 2.05. The zero-order valence-electron chi connectivity index (χ0n) is 15.0. The number of ether oxygens (including phenoxy) is 1. The predicted molar refractivity (Wildman–Crippen MR) is 112 cm³/mol. The molecular formula is C17H22F3IN4OS. The molecule has 1 N–H and O–H groups in total. The lowest BCUT2D eigenvalue weighted by molar-refractivity contribution is -0.140. The molecule has 0 amide bonds. The highest BCUT2D eigenvalue weighted by Gasteiger charge is 2.33. The van der Waals surface area contributed by atoms with Gasteiger partial charge in [0.25, 0.3) is 0 Å². The molecule has 0 fully saturated rings. The van der Waals surface area contributed by atoms with Gasteiger partial charge in [-0.25, -0.2) is 9.98 Å². The molecule has 0 aliphatic rings. The van der Waals surface area contributed by atoms with Crippen molar-refractivity contribution in [2.75, 3.05) is 26.7 Å². The number of halogens is 4. The van der Waals surface area contributed by atoms with E-state index in [-0.39, 0.29) is 30.5 Å². The smallest absolute Gasteiger partial charge is 0.434 e. The Bertz CT molecular complexity index is 710. The molecule has 1 aromatic heterocycles. The molecule has 1 heterocycles. The van der Waals surface area contributed by atoms with E-state index in [9.17, 15) is 13.2 Å². The molecule has 0 spiro atoms. The minimum absolute atomic E-state index is 0. The Morgan fingerprint density at radius 2 is 2.00 bits per heavy atom. The van der Waals surface area contributed by atoms with Crippen LogP contribution in [0.2, 0.25) is 0 Å². The summed E-state index contributed by atoms with van der Waals surface area (Å²) < 4.78 is 43.5. The first-order chi connectivity index (χ1) is 12.4. The van der Waals surface area contributed by atoms with Gasteiger partial charge in [-0.2, -0.15) is 13.2 Å². The summed E-state index contributed by atoms with van der Waals surface area (Å²) in [6.45, 7) is 3.70. The average Bonchev–Trinajstić information content (AvgIpc) is 3.09. The van der Waals surface area contributed by atoms with Crippen molar-refractivity contribution in [3.63, 3.8) is 0 Å². The standard InChI is InChI=1S/C17H21F3N4OS.HI/c1-3-21-16(22-11-15-23-14(12-26-15)17(18,19)20)24(2)9-10-25-13-7-5-4-6-8-13;/h4-8,12H,3,9-11H2,1-2H3,(H,21,22);1H. The van der Waals surface area contributed by atoms with Gasteiger partial charge in [-0.15, -0.1) is 35.3 Å². The molecular weight excluding hydrogens is 492 g/mol. The van der Waals surface area contributed by atoms with Crippen LogP contribution in [0.25, 0.3) is 0 Å². The third kappa shape index (κ3) is 7.91. The van der Waals surface area contributed by atoms with E-state index in [1.54, 1.807) is 0 Å². The number of aromatic nitrogens is 1. The summed E-state index contributed by atoms with van der Waals surface area (Å²) in [6, 6.07) is 9.46. The number of rotatable bonds is 7. The highest BCUT2D eigenvalue weighted by atomic mass is 127. The molecule has 0 atom stereocenters. The van der Waals surface area contributed by atoms with Gasteiger partial charge in [-0.05, 0) is 19.1 Å². The van der Waals surface area contributed by atoms with Gasteiger partial charge in [0.2, 0.25) is 0 Å². The Kier molecular flexibility index (Phi) is 9.84. The summed E-state index contributed by atoms with van der Waals surface area (Å²) in [5.74, 6) is 1.37. The maximum absolute atomic E-state index is 12.6. The lowest BCUT2D eigenvalue weighted by Crippen LogP contribution is -2.40. The summed E-state index contributed by atoms with van der Waals surface area (Å²) >= 11 is 0.954. The van der Waals surface area contributed by atoms with Crippen LogP contribution in [0.4, 0.5) is 13.2 Å². The first-order valence-corrected chi connectivity index (χ1v) is 8.97. The Hall–Kier alpha value is -1.56. The van der Waals surface area contributed by atoms with E-state index in [2.05, 4.69) is 15.3 Å². The minimum Gasteiger partial charge on any atom is -0.492 e. The van der Waals surface area contributed by atoms with E-state index in [4.69, 9.17) is 4.74 Å². The van der Waals surface area contributed by atoms with E-state index in [0.29, 0.717) is 30.7 Å². The van der Waals surface area contributed by atoms with Gasteiger partial charge in [-0.3, -0.25) is 0 Å². The first kappa shape index (κ1) is 23.5. The minimum atomic E-state index is -4.42. The molecule has 0 unspecified atom stereocenters. The highest BCUT2D eigenvalue weighted by molar-refractivity contribution is 14.0. The summed E-state index contributed by atoms with van der Waals surface area (Å²) in [4.78, 5) is 9.82. The van der Waals surface area contributed by atoms with Crippen LogP contribution in [0.15, 0.2) is 40.7 Å². The van der Waals surface area contributed by atoms with E-state index in [1.165, 1.54) is 0 Å². The average molecular weight is 514 g/mol. The molecule has 0 saturated carbocycles. The van der Waals surface area contributed by atoms with Crippen LogP contribution in [-0.4, -0.2) is 42.6 Å². The first-order valence-electron chi connectivity index (χ1n) is 8.09. The lowest BCUT2D eigenvalue weighted by Gasteiger charge is -2.22. The van der Waals surface area contributed by atoms with Crippen molar-refractivity contribution in [2.45, 2.75) is 19.6 Å². The van der Waals surface area contributed by atoms with Gasteiger partial charge < -0.3 is 15.0 Å². The van der Waals surface area contributed by atoms with Crippen molar-refractivity contribution >= 4 is 41.3 Å². The largest absolute Gasteiger partial charge is 0.492 e. The fraction of sp³-hybridized carbons (Fsp3) is 0.412. The number of hydrogen-bond acceptors (Lipinski definition) is 4. The van der Waals surface area contributed by atoms with Gasteiger partial charge in [0, 0.05) is 19.0 Å². The monoisotopic (exact) mass is 514 g/mol. The topological polar surface area (TPSA) is 49.8 Å². The summed E-state index contributed by atoms with van der Waals surface area (Å²) in [7, 11) is 1.85. The Morgan fingerprint density at radius 1 is 1.30 bits per heavy atom. The van der Waals surface area contributed by atoms with Crippen LogP contribution in [0, 0.1) is 0 Å². The molecule has 5 nitrogen and oxygen atoms in total. The third-order valence-corrected chi connectivity index (χ3v) is 4.17. The summed E-state index contributed by atoms with van der Waals surface area (Å²) in [5.41, 5.74) is -0.873. The van der Waals surface area contributed by atoms with Crippen molar-refractivity contribution in [1.82, 2.24) is 15.2 Å². The second-order valence-corrected chi connectivity index (χ2v) is 6.32. The molecule has 2 aromatic rings. The Morgan fingerprint density at radius 3 is 2.59 bits per heavy atom. The normalized spacial score (nSPS) is 11.7. The van der Waals surface area contributed by atoms with Crippen molar-refractivity contribution in [1.29, 1.82) is 0 Å². The maximum atomic E-state index is 12.6. The number of para-hydroxylation sites is 1. The van der Waals surface area contributed by atoms with Crippen molar-refractivity contribution in [3.8, 4) is 5.75 Å². The zero-order valence-corrected chi connectivity index (χ0v) is 18.1. The molecule has 150 valence electrons. The predicted octanol–water partition coefficient (Wildman–Crippen LogP) is 4.26. The maximum Gasteiger partial charge on any atom is 0.434 e. The number of aliphatic imine (C=N–C) groups is 1. The van der Waals surface area contributed by atoms with Gasteiger partial charge in [0.15, 0.2) is 11.7 Å². The highest BCUT2D eigenvalue weighted by Crippen LogP contribution is 2.30. The number of nitrogens with zero attached hydrogens (tertiary/aromatic N) is 3. The van der Waals surface area contributed by atoms with Crippen LogP contribution in [0.1, 0.15) is 17.6 Å². The number of alkyl halides is 3. The van der Waals surface area contributed by atoms with Crippen LogP contribution < -0.4 is 10.1 Å². The Balaban J connectivity index is 0.00000364. The van der Waals surface area contributed by atoms with E-state index in [1.807, 2.05) is 49.2 Å². The molecule has 0 bridgehead atoms. The lowest BCUT2D eigenvalue weighted by atomic mass is 10.3. The second-order valence-electron chi connectivity index (χ2n) is 5.38. The fourth-order valence-corrected chi connectivity index (χ4v) is 2.77. The molecule has 0 radical (unpaired) electrons. The number of guanidine groups is 1. The summed E-state index contributed by atoms with van der Waals surface area (Å²) in [5, 5.41) is 4.44. The van der Waals surface area contributed by atoms with Gasteiger partial charge in [0.05, 0.1) is 13.1 Å². The second kappa shape index (κ2) is 11.3. The number of benzene rings is 1. The molecule has 2 rings (SSSR count). The van der Waals surface area contributed by atoms with Crippen molar-refractivity contribution < 1.29 is 17.9 Å². The molecule has 0 aliphatic heterocycles. The van der Waals surface area contributed by atoms with E-state index in [0.717, 1.165) is 22.5 Å². The Labute approximate surface area is 177 Å². The number of thiazole rings is 1. The number of nitrogens with one attached hydrogen (secondary N) is 1. The molecule has 27 heavy (non-hydrogen) atoms. The third-order valence-electron chi connectivity index (χ3n) is 3.34. The molecule has 10 heteroatoms. The van der Waals surface area contributed by atoms with Gasteiger partial charge >= 0.3 is 6.18 Å². The van der Waals surface area contributed by atoms with Crippen LogP contribution in [-0.2, 0) is 12.7 Å². The van der Waals surface area contributed by atoms with Crippen LogP contribution in [0.5, 0.6) is 5.75 Å². The van der Waals surface area contributed by atoms with E-state index < -0.39 is 11.9 Å². The molecule has 0 saturated heterocycles. The SMILES string of the molecule is CCNC(=NCc1nc(C(F)(F)F)cs1)N(C)CCOc1ccccc1.I. The zero-order chi connectivity index (χ0) is 19.0. The van der Waals surface area contributed by atoms with Crippen LogP contribution >= 0.6 is 35.3 Å². The quantitative estimate of drug-likeness (QED) is 0.341. The van der Waals surface area contributed by atoms with Gasteiger partial charge in [0.1, 0.15) is 17.4 Å². The summed E-state index contributed by atoms with van der Waals surface area (Å²) in [6.07, 6.45) is -4.42. The van der Waals surface area contributed by atoms with Crippen molar-refractivity contribution in [3.05, 3.63) is 46.4 Å².